The summed E-state index contributed by atoms with van der Waals surface area (Å²) in [5.74, 6) is 0.375. The molecule has 0 fully saturated rings. The molecule has 0 aliphatic carbocycles. The molecule has 1 heterocycles. The number of hydrogen-bond donors (Lipinski definition) is 1. The number of aryl methyl sites for hydroxylation is 1. The summed E-state index contributed by atoms with van der Waals surface area (Å²) in [5.41, 5.74) is 1.13. The lowest BCUT2D eigenvalue weighted by Gasteiger charge is -1.98. The van der Waals surface area contributed by atoms with Crippen molar-refractivity contribution in [1.82, 2.24) is 10.1 Å². The fraction of sp³-hybridized carbons (Fsp3) is 0.333. The number of rotatable bonds is 3. The summed E-state index contributed by atoms with van der Waals surface area (Å²) in [6.07, 6.45) is -0.250. The molecule has 90 valence electrons. The maximum atomic E-state index is 13.4. The second-order valence-corrected chi connectivity index (χ2v) is 4.03. The zero-order valence-corrected chi connectivity index (χ0v) is 9.64. The topological polar surface area (TPSA) is 59.2 Å². The third-order valence-corrected chi connectivity index (χ3v) is 2.37. The Morgan fingerprint density at radius 1 is 1.47 bits per heavy atom. The highest BCUT2D eigenvalue weighted by Gasteiger charge is 2.11. The van der Waals surface area contributed by atoms with Gasteiger partial charge in [0.15, 0.2) is 0 Å². The molecule has 5 heteroatoms. The van der Waals surface area contributed by atoms with Crippen molar-refractivity contribution in [2.75, 3.05) is 0 Å². The Morgan fingerprint density at radius 3 is 2.88 bits per heavy atom. The quantitative estimate of drug-likeness (QED) is 0.886. The maximum Gasteiger partial charge on any atom is 0.229 e. The van der Waals surface area contributed by atoms with Gasteiger partial charge in [-0.05, 0) is 25.5 Å². The molecule has 0 aliphatic rings. The molecule has 0 saturated carbocycles. The van der Waals surface area contributed by atoms with Crippen LogP contribution in [0.4, 0.5) is 4.39 Å². The van der Waals surface area contributed by atoms with Gasteiger partial charge in [0, 0.05) is 5.56 Å². The minimum atomic E-state index is -0.543. The molecule has 2 aromatic rings. The van der Waals surface area contributed by atoms with Gasteiger partial charge >= 0.3 is 0 Å². The lowest BCUT2D eigenvalue weighted by atomic mass is 10.1. The van der Waals surface area contributed by atoms with Gasteiger partial charge in [-0.3, -0.25) is 0 Å². The normalized spacial score (nSPS) is 12.7. The number of aliphatic hydroxyl groups excluding tert-OH is 1. The van der Waals surface area contributed by atoms with Crippen LogP contribution in [0.25, 0.3) is 11.4 Å². The summed E-state index contributed by atoms with van der Waals surface area (Å²) in [5, 5.41) is 12.9. The van der Waals surface area contributed by atoms with Crippen LogP contribution >= 0.6 is 0 Å². The van der Waals surface area contributed by atoms with Crippen LogP contribution in [0, 0.1) is 12.7 Å². The van der Waals surface area contributed by atoms with Crippen molar-refractivity contribution in [3.63, 3.8) is 0 Å². The summed E-state index contributed by atoms with van der Waals surface area (Å²) >= 11 is 0. The van der Waals surface area contributed by atoms with E-state index in [-0.39, 0.29) is 5.82 Å². The van der Waals surface area contributed by atoms with Gasteiger partial charge in [0.05, 0.1) is 12.5 Å². The summed E-state index contributed by atoms with van der Waals surface area (Å²) in [7, 11) is 0. The minimum absolute atomic E-state index is 0.293. The van der Waals surface area contributed by atoms with Crippen molar-refractivity contribution in [3.8, 4) is 11.4 Å². The van der Waals surface area contributed by atoms with Gasteiger partial charge < -0.3 is 9.63 Å². The molecule has 0 saturated heterocycles. The van der Waals surface area contributed by atoms with E-state index >= 15 is 0 Å². The SMILES string of the molecule is Cc1ccc(-c2noc(CC(C)O)n2)cc1F. The van der Waals surface area contributed by atoms with Crippen molar-refractivity contribution in [3.05, 3.63) is 35.5 Å². The van der Waals surface area contributed by atoms with Crippen LogP contribution in [0.3, 0.4) is 0 Å². The van der Waals surface area contributed by atoms with Crippen LogP contribution in [-0.4, -0.2) is 21.4 Å². The number of benzene rings is 1. The lowest BCUT2D eigenvalue weighted by molar-refractivity contribution is 0.181. The average molecular weight is 236 g/mol. The molecule has 1 atom stereocenters. The van der Waals surface area contributed by atoms with Gasteiger partial charge in [-0.2, -0.15) is 4.98 Å². The molecule has 1 unspecified atom stereocenters. The number of hydrogen-bond acceptors (Lipinski definition) is 4. The van der Waals surface area contributed by atoms with Crippen molar-refractivity contribution in [1.29, 1.82) is 0 Å². The van der Waals surface area contributed by atoms with Crippen molar-refractivity contribution in [2.24, 2.45) is 0 Å². The predicted octanol–water partition coefficient (Wildman–Crippen LogP) is 2.11. The van der Waals surface area contributed by atoms with Crippen LogP contribution in [0.5, 0.6) is 0 Å². The summed E-state index contributed by atoms with van der Waals surface area (Å²) in [6, 6.07) is 4.76. The number of halogens is 1. The molecule has 0 aliphatic heterocycles. The minimum Gasteiger partial charge on any atom is -0.393 e. The maximum absolute atomic E-state index is 13.4. The standard InChI is InChI=1S/C12H13FN2O2/c1-7-3-4-9(6-10(7)13)12-14-11(17-15-12)5-8(2)16/h3-4,6,8,16H,5H2,1-2H3. The average Bonchev–Trinajstić information content (AvgIpc) is 2.69. The van der Waals surface area contributed by atoms with Gasteiger partial charge in [0.2, 0.25) is 11.7 Å². The molecule has 1 aromatic carbocycles. The molecule has 2 rings (SSSR count). The highest BCUT2D eigenvalue weighted by Crippen LogP contribution is 2.19. The Labute approximate surface area is 98.1 Å². The van der Waals surface area contributed by atoms with Gasteiger partial charge in [0.25, 0.3) is 0 Å². The van der Waals surface area contributed by atoms with E-state index in [1.165, 1.54) is 6.07 Å². The van der Waals surface area contributed by atoms with Gasteiger partial charge in [-0.15, -0.1) is 0 Å². The molecule has 0 radical (unpaired) electrons. The zero-order chi connectivity index (χ0) is 12.4. The Balaban J connectivity index is 2.27. The predicted molar refractivity (Wildman–Crippen MR) is 59.8 cm³/mol. The Hall–Kier alpha value is -1.75. The second-order valence-electron chi connectivity index (χ2n) is 4.03. The van der Waals surface area contributed by atoms with Crippen LogP contribution < -0.4 is 0 Å². The molecule has 17 heavy (non-hydrogen) atoms. The highest BCUT2D eigenvalue weighted by atomic mass is 19.1. The first kappa shape index (κ1) is 11.7. The second kappa shape index (κ2) is 4.63. The van der Waals surface area contributed by atoms with E-state index in [1.807, 2.05) is 0 Å². The number of aliphatic hydroxyl groups is 1. The summed E-state index contributed by atoms with van der Waals surface area (Å²) < 4.78 is 18.3. The third kappa shape index (κ3) is 2.68. The fourth-order valence-electron chi connectivity index (χ4n) is 1.44. The molecule has 1 aromatic heterocycles. The first-order chi connectivity index (χ1) is 8.06. The van der Waals surface area contributed by atoms with Crippen LogP contribution in [0.1, 0.15) is 18.4 Å². The van der Waals surface area contributed by atoms with Crippen molar-refractivity contribution < 1.29 is 14.0 Å². The molecule has 0 bridgehead atoms. The monoisotopic (exact) mass is 236 g/mol. The molecule has 0 spiro atoms. The Bertz CT molecular complexity index is 523. The Kier molecular flexibility index (Phi) is 3.19. The van der Waals surface area contributed by atoms with Crippen LogP contribution in [-0.2, 0) is 6.42 Å². The largest absolute Gasteiger partial charge is 0.393 e. The van der Waals surface area contributed by atoms with Crippen LogP contribution in [0.15, 0.2) is 22.7 Å². The highest BCUT2D eigenvalue weighted by molar-refractivity contribution is 5.54. The van der Waals surface area contributed by atoms with E-state index < -0.39 is 6.10 Å². The smallest absolute Gasteiger partial charge is 0.229 e. The Morgan fingerprint density at radius 2 is 2.24 bits per heavy atom. The van der Waals surface area contributed by atoms with Crippen molar-refractivity contribution in [2.45, 2.75) is 26.4 Å². The molecule has 0 amide bonds. The molecule has 1 N–H and O–H groups in total. The molecule has 4 nitrogen and oxygen atoms in total. The van der Waals surface area contributed by atoms with Crippen molar-refractivity contribution >= 4 is 0 Å². The molecular formula is C12H13FN2O2. The third-order valence-electron chi connectivity index (χ3n) is 2.37. The van der Waals surface area contributed by atoms with E-state index in [9.17, 15) is 9.50 Å². The van der Waals surface area contributed by atoms with Gasteiger partial charge in [0.1, 0.15) is 5.82 Å². The first-order valence-electron chi connectivity index (χ1n) is 5.33. The number of aromatic nitrogens is 2. The first-order valence-corrected chi connectivity index (χ1v) is 5.33. The molecular weight excluding hydrogens is 223 g/mol. The summed E-state index contributed by atoms with van der Waals surface area (Å²) in [4.78, 5) is 4.09. The van der Waals surface area contributed by atoms with Gasteiger partial charge in [-0.25, -0.2) is 4.39 Å². The van der Waals surface area contributed by atoms with E-state index in [1.54, 1.807) is 26.0 Å². The van der Waals surface area contributed by atoms with Crippen LogP contribution in [0.2, 0.25) is 0 Å². The lowest BCUT2D eigenvalue weighted by Crippen LogP contribution is -2.04. The van der Waals surface area contributed by atoms with E-state index in [0.29, 0.717) is 29.3 Å². The summed E-state index contributed by atoms with van der Waals surface area (Å²) in [6.45, 7) is 3.32. The van der Waals surface area contributed by atoms with Gasteiger partial charge in [-0.1, -0.05) is 17.3 Å². The number of nitrogens with zero attached hydrogens (tertiary/aromatic N) is 2. The zero-order valence-electron chi connectivity index (χ0n) is 9.64. The van der Waals surface area contributed by atoms with E-state index in [2.05, 4.69) is 10.1 Å². The van der Waals surface area contributed by atoms with E-state index in [0.717, 1.165) is 0 Å². The fourth-order valence-corrected chi connectivity index (χ4v) is 1.44. The van der Waals surface area contributed by atoms with E-state index in [4.69, 9.17) is 4.52 Å².